The normalized spacial score (nSPS) is 17.4. The molecular weight excluding hydrogens is 378 g/mol. The van der Waals surface area contributed by atoms with Crippen LogP contribution < -0.4 is 16.1 Å². The molecule has 148 valence electrons. The van der Waals surface area contributed by atoms with Crippen LogP contribution in [0.4, 0.5) is 5.95 Å². The third-order valence-electron chi connectivity index (χ3n) is 5.56. The number of hydrogen-bond acceptors (Lipinski definition) is 4. The first-order valence-corrected chi connectivity index (χ1v) is 9.91. The molecule has 0 radical (unpaired) electrons. The standard InChI is InChI=1S/C20H24ClN5O2/c1-13-7-6-10-25(11-13)19-22-17-16(23(19)2)18(27)26(20(28)24(17)3)12-14-8-4-5-9-15(14)21/h4-5,8-9,13H,6-7,10-12H2,1-3H3/t13-/m0/s1. The number of imidazole rings is 1. The number of hydrogen-bond donors (Lipinski definition) is 0. The second-order valence-corrected chi connectivity index (χ2v) is 8.07. The molecule has 1 fully saturated rings. The predicted octanol–water partition coefficient (Wildman–Crippen LogP) is 2.37. The smallest absolute Gasteiger partial charge is 0.332 e. The lowest BCUT2D eigenvalue weighted by atomic mass is 10.0. The number of benzene rings is 1. The number of rotatable bonds is 3. The van der Waals surface area contributed by atoms with E-state index >= 15 is 0 Å². The van der Waals surface area contributed by atoms with Crippen LogP contribution in [0, 0.1) is 5.92 Å². The van der Waals surface area contributed by atoms with Crippen molar-refractivity contribution in [1.29, 1.82) is 0 Å². The van der Waals surface area contributed by atoms with Gasteiger partial charge in [0, 0.05) is 32.2 Å². The molecule has 1 aliphatic heterocycles. The van der Waals surface area contributed by atoms with E-state index in [1.165, 1.54) is 15.6 Å². The van der Waals surface area contributed by atoms with Crippen LogP contribution in [0.5, 0.6) is 0 Å². The first-order chi connectivity index (χ1) is 13.4. The molecule has 1 aromatic carbocycles. The molecule has 7 nitrogen and oxygen atoms in total. The number of anilines is 1. The van der Waals surface area contributed by atoms with Crippen molar-refractivity contribution in [2.75, 3.05) is 18.0 Å². The van der Waals surface area contributed by atoms with Crippen molar-refractivity contribution in [3.63, 3.8) is 0 Å². The largest absolute Gasteiger partial charge is 0.342 e. The molecule has 1 saturated heterocycles. The van der Waals surface area contributed by atoms with Crippen molar-refractivity contribution in [3.8, 4) is 0 Å². The van der Waals surface area contributed by atoms with E-state index in [4.69, 9.17) is 11.6 Å². The zero-order valence-corrected chi connectivity index (χ0v) is 17.1. The van der Waals surface area contributed by atoms with Gasteiger partial charge in [0.1, 0.15) is 0 Å². The molecule has 0 spiro atoms. The first kappa shape index (κ1) is 18.8. The highest BCUT2D eigenvalue weighted by Gasteiger charge is 2.24. The highest BCUT2D eigenvalue weighted by atomic mass is 35.5. The third-order valence-corrected chi connectivity index (χ3v) is 5.93. The Kier molecular flexibility index (Phi) is 4.79. The number of aryl methyl sites for hydroxylation is 2. The highest BCUT2D eigenvalue weighted by Crippen LogP contribution is 2.24. The van der Waals surface area contributed by atoms with E-state index < -0.39 is 5.69 Å². The molecule has 3 aromatic rings. The summed E-state index contributed by atoms with van der Waals surface area (Å²) >= 11 is 6.24. The molecule has 1 aliphatic rings. The summed E-state index contributed by atoms with van der Waals surface area (Å²) in [6.07, 6.45) is 2.30. The number of halogens is 1. The molecule has 0 amide bonds. The van der Waals surface area contributed by atoms with Crippen LogP contribution >= 0.6 is 11.6 Å². The van der Waals surface area contributed by atoms with Gasteiger partial charge in [-0.15, -0.1) is 0 Å². The van der Waals surface area contributed by atoms with Crippen molar-refractivity contribution in [2.24, 2.45) is 20.0 Å². The first-order valence-electron chi connectivity index (χ1n) is 9.53. The van der Waals surface area contributed by atoms with Gasteiger partial charge >= 0.3 is 5.69 Å². The number of aromatic nitrogens is 4. The van der Waals surface area contributed by atoms with Crippen LogP contribution in [0.2, 0.25) is 5.02 Å². The number of nitrogens with zero attached hydrogens (tertiary/aromatic N) is 5. The van der Waals surface area contributed by atoms with Crippen LogP contribution in [0.1, 0.15) is 25.3 Å². The van der Waals surface area contributed by atoms with Crippen molar-refractivity contribution >= 4 is 28.7 Å². The molecule has 0 saturated carbocycles. The SMILES string of the molecule is C[C@H]1CCCN(c2nc3c(c(=O)n(Cc4ccccc4Cl)c(=O)n3C)n2C)C1. The molecule has 0 aliphatic carbocycles. The fourth-order valence-electron chi connectivity index (χ4n) is 4.02. The Bertz CT molecular complexity index is 1160. The summed E-state index contributed by atoms with van der Waals surface area (Å²) in [5, 5.41) is 0.532. The molecular formula is C20H24ClN5O2. The van der Waals surface area contributed by atoms with Gasteiger partial charge in [0.15, 0.2) is 11.2 Å². The molecule has 0 bridgehead atoms. The van der Waals surface area contributed by atoms with E-state index in [0.29, 0.717) is 22.1 Å². The van der Waals surface area contributed by atoms with E-state index in [-0.39, 0.29) is 12.1 Å². The summed E-state index contributed by atoms with van der Waals surface area (Å²) in [4.78, 5) is 33.0. The lowest BCUT2D eigenvalue weighted by molar-refractivity contribution is 0.440. The average molecular weight is 402 g/mol. The Morgan fingerprint density at radius 2 is 1.93 bits per heavy atom. The average Bonchev–Trinajstić information content (AvgIpc) is 3.02. The second-order valence-electron chi connectivity index (χ2n) is 7.66. The van der Waals surface area contributed by atoms with Crippen molar-refractivity contribution < 1.29 is 0 Å². The molecule has 28 heavy (non-hydrogen) atoms. The summed E-state index contributed by atoms with van der Waals surface area (Å²) in [6, 6.07) is 7.24. The maximum atomic E-state index is 13.2. The molecule has 4 rings (SSSR count). The molecule has 3 heterocycles. The third kappa shape index (κ3) is 3.03. The minimum absolute atomic E-state index is 0.127. The lowest BCUT2D eigenvalue weighted by Crippen LogP contribution is -2.40. The Morgan fingerprint density at radius 3 is 2.64 bits per heavy atom. The van der Waals surface area contributed by atoms with Gasteiger partial charge in [0.25, 0.3) is 5.56 Å². The van der Waals surface area contributed by atoms with Crippen LogP contribution in [0.3, 0.4) is 0 Å². The lowest BCUT2D eigenvalue weighted by Gasteiger charge is -2.31. The molecule has 8 heteroatoms. The summed E-state index contributed by atoms with van der Waals surface area (Å²) in [5.74, 6) is 1.32. The Labute approximate surface area is 167 Å². The fourth-order valence-corrected chi connectivity index (χ4v) is 4.22. The van der Waals surface area contributed by atoms with Crippen LogP contribution in [-0.2, 0) is 20.6 Å². The summed E-state index contributed by atoms with van der Waals surface area (Å²) in [7, 11) is 3.50. The Balaban J connectivity index is 1.88. The summed E-state index contributed by atoms with van der Waals surface area (Å²) in [5.41, 5.74) is 0.844. The molecule has 0 N–H and O–H groups in total. The maximum absolute atomic E-state index is 13.2. The predicted molar refractivity (Wildman–Crippen MR) is 111 cm³/mol. The minimum Gasteiger partial charge on any atom is -0.342 e. The van der Waals surface area contributed by atoms with E-state index in [9.17, 15) is 9.59 Å². The molecule has 1 atom stereocenters. The monoisotopic (exact) mass is 401 g/mol. The van der Waals surface area contributed by atoms with Crippen molar-refractivity contribution in [1.82, 2.24) is 18.7 Å². The number of piperidine rings is 1. The Hall–Kier alpha value is -2.54. The second kappa shape index (κ2) is 7.13. The van der Waals surface area contributed by atoms with E-state index in [2.05, 4.69) is 16.8 Å². The quantitative estimate of drug-likeness (QED) is 0.675. The van der Waals surface area contributed by atoms with Crippen LogP contribution in [-0.4, -0.2) is 31.8 Å². The topological polar surface area (TPSA) is 65.1 Å². The van der Waals surface area contributed by atoms with Gasteiger partial charge < -0.3 is 9.47 Å². The van der Waals surface area contributed by atoms with Crippen LogP contribution in [0.25, 0.3) is 11.2 Å². The van der Waals surface area contributed by atoms with Gasteiger partial charge in [-0.1, -0.05) is 36.7 Å². The zero-order valence-electron chi connectivity index (χ0n) is 16.4. The van der Waals surface area contributed by atoms with Gasteiger partial charge in [-0.25, -0.2) is 4.79 Å². The van der Waals surface area contributed by atoms with E-state index in [1.807, 2.05) is 29.8 Å². The van der Waals surface area contributed by atoms with E-state index in [1.54, 1.807) is 13.1 Å². The minimum atomic E-state index is -0.394. The van der Waals surface area contributed by atoms with Gasteiger partial charge in [-0.05, 0) is 30.4 Å². The van der Waals surface area contributed by atoms with E-state index in [0.717, 1.165) is 31.0 Å². The molecule has 0 unspecified atom stereocenters. The van der Waals surface area contributed by atoms with Gasteiger partial charge in [-0.2, -0.15) is 4.98 Å². The maximum Gasteiger partial charge on any atom is 0.332 e. The van der Waals surface area contributed by atoms with Crippen LogP contribution in [0.15, 0.2) is 33.9 Å². The van der Waals surface area contributed by atoms with Crippen molar-refractivity contribution in [2.45, 2.75) is 26.3 Å². The zero-order chi connectivity index (χ0) is 20.0. The Morgan fingerprint density at radius 1 is 1.18 bits per heavy atom. The van der Waals surface area contributed by atoms with Gasteiger partial charge in [-0.3, -0.25) is 13.9 Å². The molecule has 2 aromatic heterocycles. The summed E-state index contributed by atoms with van der Waals surface area (Å²) in [6.45, 7) is 4.16. The van der Waals surface area contributed by atoms with Crippen molar-refractivity contribution in [3.05, 3.63) is 55.7 Å². The summed E-state index contributed by atoms with van der Waals surface area (Å²) < 4.78 is 4.50. The highest BCUT2D eigenvalue weighted by molar-refractivity contribution is 6.31. The fraction of sp³-hybridized carbons (Fsp3) is 0.450. The van der Waals surface area contributed by atoms with Gasteiger partial charge in [0.05, 0.1) is 6.54 Å². The number of fused-ring (bicyclic) bond motifs is 1. The van der Waals surface area contributed by atoms with Gasteiger partial charge in [0.2, 0.25) is 5.95 Å².